The third-order valence-corrected chi connectivity index (χ3v) is 5.46. The Hall–Kier alpha value is -2.09. The van der Waals surface area contributed by atoms with Crippen molar-refractivity contribution >= 4 is 46.2 Å². The number of hydrogen-bond donors (Lipinski definition) is 1. The molecule has 138 valence electrons. The van der Waals surface area contributed by atoms with Crippen LogP contribution in [0.1, 0.15) is 9.67 Å². The van der Waals surface area contributed by atoms with Gasteiger partial charge in [0.2, 0.25) is 5.91 Å². The van der Waals surface area contributed by atoms with Crippen molar-refractivity contribution < 1.29 is 14.3 Å². The lowest BCUT2D eigenvalue weighted by molar-refractivity contribution is -0.117. The summed E-state index contributed by atoms with van der Waals surface area (Å²) < 4.78 is 4.72. The summed E-state index contributed by atoms with van der Waals surface area (Å²) in [5.74, 6) is -0.580. The molecular formula is C18H20ClN3O3S. The Kier molecular flexibility index (Phi) is 6.13. The van der Waals surface area contributed by atoms with Crippen LogP contribution >= 0.6 is 22.9 Å². The number of hydrogen-bond acceptors (Lipinski definition) is 6. The minimum absolute atomic E-state index is 0.139. The summed E-state index contributed by atoms with van der Waals surface area (Å²) in [4.78, 5) is 28.7. The van der Waals surface area contributed by atoms with E-state index in [1.807, 2.05) is 24.3 Å². The predicted molar refractivity (Wildman–Crippen MR) is 104 cm³/mol. The van der Waals surface area contributed by atoms with Crippen LogP contribution in [0.5, 0.6) is 0 Å². The predicted octanol–water partition coefficient (Wildman–Crippen LogP) is 2.95. The summed E-state index contributed by atoms with van der Waals surface area (Å²) in [6.45, 7) is 3.44. The normalized spacial score (nSPS) is 14.9. The fourth-order valence-electron chi connectivity index (χ4n) is 2.91. The van der Waals surface area contributed by atoms with E-state index in [2.05, 4.69) is 15.1 Å². The fraction of sp³-hybridized carbons (Fsp3) is 0.333. The number of carbonyl (C=O) groups is 2. The van der Waals surface area contributed by atoms with Gasteiger partial charge in [0.15, 0.2) is 0 Å². The molecule has 0 radical (unpaired) electrons. The Morgan fingerprint density at radius 3 is 2.62 bits per heavy atom. The first kappa shape index (κ1) is 18.7. The summed E-state index contributed by atoms with van der Waals surface area (Å²) in [6.07, 6.45) is 0. The molecular weight excluding hydrogens is 374 g/mol. The SMILES string of the molecule is COC(=O)c1sccc1NC(=O)CN1CCN(c2ccccc2Cl)CC1. The van der Waals surface area contributed by atoms with Gasteiger partial charge >= 0.3 is 5.97 Å². The van der Waals surface area contributed by atoms with Gasteiger partial charge in [-0.3, -0.25) is 9.69 Å². The molecule has 0 unspecified atom stereocenters. The second kappa shape index (κ2) is 8.53. The maximum Gasteiger partial charge on any atom is 0.350 e. The largest absolute Gasteiger partial charge is 0.465 e. The highest BCUT2D eigenvalue weighted by molar-refractivity contribution is 7.12. The first-order chi connectivity index (χ1) is 12.6. The Morgan fingerprint density at radius 2 is 1.92 bits per heavy atom. The number of para-hydroxylation sites is 1. The van der Waals surface area contributed by atoms with Crippen molar-refractivity contribution in [3.8, 4) is 0 Å². The number of thiophene rings is 1. The minimum atomic E-state index is -0.441. The van der Waals surface area contributed by atoms with Crippen molar-refractivity contribution in [3.63, 3.8) is 0 Å². The van der Waals surface area contributed by atoms with Gasteiger partial charge in [-0.2, -0.15) is 0 Å². The number of benzene rings is 1. The highest BCUT2D eigenvalue weighted by Crippen LogP contribution is 2.26. The summed E-state index contributed by atoms with van der Waals surface area (Å²) in [7, 11) is 1.33. The first-order valence-corrected chi connectivity index (χ1v) is 9.51. The molecule has 2 aromatic rings. The zero-order valence-electron chi connectivity index (χ0n) is 14.4. The lowest BCUT2D eigenvalue weighted by Crippen LogP contribution is -2.48. The third kappa shape index (κ3) is 4.35. The molecule has 1 aromatic carbocycles. The van der Waals surface area contributed by atoms with Gasteiger partial charge in [0.1, 0.15) is 4.88 Å². The average Bonchev–Trinajstić information content (AvgIpc) is 3.10. The third-order valence-electron chi connectivity index (χ3n) is 4.24. The number of methoxy groups -OCH3 is 1. The van der Waals surface area contributed by atoms with Crippen LogP contribution < -0.4 is 10.2 Å². The second-order valence-corrected chi connectivity index (χ2v) is 7.24. The Bertz CT molecular complexity index is 787. The van der Waals surface area contributed by atoms with Crippen LogP contribution in [-0.2, 0) is 9.53 Å². The summed E-state index contributed by atoms with van der Waals surface area (Å²) in [5.41, 5.74) is 1.53. The minimum Gasteiger partial charge on any atom is -0.465 e. The Labute approximate surface area is 161 Å². The number of carbonyl (C=O) groups excluding carboxylic acids is 2. The maximum absolute atomic E-state index is 12.3. The van der Waals surface area contributed by atoms with Gasteiger partial charge < -0.3 is 15.0 Å². The number of anilines is 2. The number of nitrogens with zero attached hydrogens (tertiary/aromatic N) is 2. The van der Waals surface area contributed by atoms with Crippen molar-refractivity contribution in [3.05, 3.63) is 45.6 Å². The van der Waals surface area contributed by atoms with Crippen LogP contribution in [0.15, 0.2) is 35.7 Å². The number of halogens is 1. The van der Waals surface area contributed by atoms with Gasteiger partial charge in [-0.25, -0.2) is 4.79 Å². The van der Waals surface area contributed by atoms with Crippen molar-refractivity contribution in [2.75, 3.05) is 50.1 Å². The fourth-order valence-corrected chi connectivity index (χ4v) is 3.93. The Balaban J connectivity index is 1.52. The molecule has 1 fully saturated rings. The molecule has 6 nitrogen and oxygen atoms in total. The molecule has 0 atom stereocenters. The number of esters is 1. The van der Waals surface area contributed by atoms with Crippen LogP contribution in [0, 0.1) is 0 Å². The summed E-state index contributed by atoms with van der Waals surface area (Å²) in [6, 6.07) is 9.50. The van der Waals surface area contributed by atoms with Gasteiger partial charge in [0, 0.05) is 26.2 Å². The molecule has 0 spiro atoms. The van der Waals surface area contributed by atoms with Crippen molar-refractivity contribution in [1.29, 1.82) is 0 Å². The summed E-state index contributed by atoms with van der Waals surface area (Å²) >= 11 is 7.50. The van der Waals surface area contributed by atoms with Crippen molar-refractivity contribution in [2.24, 2.45) is 0 Å². The lowest BCUT2D eigenvalue weighted by atomic mass is 10.2. The molecule has 1 aromatic heterocycles. The van der Waals surface area contributed by atoms with Gasteiger partial charge in [0.25, 0.3) is 0 Å². The van der Waals surface area contributed by atoms with Crippen LogP contribution in [0.25, 0.3) is 0 Å². The van der Waals surface area contributed by atoms with E-state index in [1.54, 1.807) is 11.4 Å². The molecule has 0 bridgehead atoms. The molecule has 0 aliphatic carbocycles. The van der Waals surface area contributed by atoms with E-state index >= 15 is 0 Å². The maximum atomic E-state index is 12.3. The molecule has 0 saturated carbocycles. The smallest absolute Gasteiger partial charge is 0.350 e. The zero-order valence-corrected chi connectivity index (χ0v) is 16.0. The molecule has 3 rings (SSSR count). The molecule has 2 heterocycles. The van der Waals surface area contributed by atoms with Gasteiger partial charge in [-0.05, 0) is 23.6 Å². The van der Waals surface area contributed by atoms with Crippen LogP contribution in [0.2, 0.25) is 5.02 Å². The van der Waals surface area contributed by atoms with E-state index in [4.69, 9.17) is 16.3 Å². The molecule has 1 aliphatic heterocycles. The zero-order chi connectivity index (χ0) is 18.5. The molecule has 1 amide bonds. The molecule has 1 aliphatic rings. The number of piperazine rings is 1. The average molecular weight is 394 g/mol. The number of ether oxygens (including phenoxy) is 1. The molecule has 1 saturated heterocycles. The van der Waals surface area contributed by atoms with E-state index < -0.39 is 5.97 Å². The molecule has 8 heteroatoms. The highest BCUT2D eigenvalue weighted by Gasteiger charge is 2.21. The van der Waals surface area contributed by atoms with E-state index in [1.165, 1.54) is 18.4 Å². The topological polar surface area (TPSA) is 61.9 Å². The van der Waals surface area contributed by atoms with E-state index in [-0.39, 0.29) is 12.5 Å². The Morgan fingerprint density at radius 1 is 1.19 bits per heavy atom. The second-order valence-electron chi connectivity index (χ2n) is 5.92. The van der Waals surface area contributed by atoms with Gasteiger partial charge in [-0.1, -0.05) is 23.7 Å². The monoisotopic (exact) mass is 393 g/mol. The van der Waals surface area contributed by atoms with E-state index in [0.717, 1.165) is 36.9 Å². The highest BCUT2D eigenvalue weighted by atomic mass is 35.5. The summed E-state index contributed by atoms with van der Waals surface area (Å²) in [5, 5.41) is 5.30. The number of rotatable bonds is 5. The number of amides is 1. The van der Waals surface area contributed by atoms with Crippen LogP contribution in [0.3, 0.4) is 0 Å². The van der Waals surface area contributed by atoms with Crippen molar-refractivity contribution in [2.45, 2.75) is 0 Å². The van der Waals surface area contributed by atoms with Crippen molar-refractivity contribution in [1.82, 2.24) is 4.90 Å². The standard InChI is InChI=1S/C18H20ClN3O3S/c1-25-18(24)17-14(6-11-26-17)20-16(23)12-21-7-9-22(10-8-21)15-5-3-2-4-13(15)19/h2-6,11H,7-10,12H2,1H3,(H,20,23). The number of nitrogens with one attached hydrogen (secondary N) is 1. The van der Waals surface area contributed by atoms with Gasteiger partial charge in [0.05, 0.1) is 30.1 Å². The van der Waals surface area contributed by atoms with Gasteiger partial charge in [-0.15, -0.1) is 11.3 Å². The molecule has 1 N–H and O–H groups in total. The van der Waals surface area contributed by atoms with Crippen LogP contribution in [0.4, 0.5) is 11.4 Å². The first-order valence-electron chi connectivity index (χ1n) is 8.26. The van der Waals surface area contributed by atoms with E-state index in [0.29, 0.717) is 10.6 Å². The molecule has 26 heavy (non-hydrogen) atoms. The van der Waals surface area contributed by atoms with E-state index in [9.17, 15) is 9.59 Å². The quantitative estimate of drug-likeness (QED) is 0.791. The van der Waals surface area contributed by atoms with Crippen LogP contribution in [-0.4, -0.2) is 56.6 Å². The lowest BCUT2D eigenvalue weighted by Gasteiger charge is -2.36.